The van der Waals surface area contributed by atoms with Crippen molar-refractivity contribution in [3.8, 4) is 0 Å². The van der Waals surface area contributed by atoms with Crippen molar-refractivity contribution < 1.29 is 0 Å². The number of thiol groups is 1. The summed E-state index contributed by atoms with van der Waals surface area (Å²) in [5.41, 5.74) is 0.524. The lowest BCUT2D eigenvalue weighted by atomic mass is 9.69. The Balaban J connectivity index is 4.61. The Morgan fingerprint density at radius 2 is 1.45 bits per heavy atom. The molecule has 0 aromatic rings. The lowest BCUT2D eigenvalue weighted by Gasteiger charge is -2.36. The van der Waals surface area contributed by atoms with Crippen LogP contribution in [0.25, 0.3) is 0 Å². The van der Waals surface area contributed by atoms with Crippen molar-refractivity contribution in [2.24, 2.45) is 10.8 Å². The van der Waals surface area contributed by atoms with Crippen molar-refractivity contribution in [1.29, 1.82) is 0 Å². The van der Waals surface area contributed by atoms with Crippen LogP contribution >= 0.6 is 12.6 Å². The monoisotopic (exact) mass is 172 g/mol. The zero-order chi connectivity index (χ0) is 9.28. The Bertz CT molecular complexity index is 154. The highest BCUT2D eigenvalue weighted by molar-refractivity contribution is 7.84. The molecule has 1 heteroatoms. The van der Waals surface area contributed by atoms with E-state index in [1.165, 1.54) is 0 Å². The fourth-order valence-corrected chi connectivity index (χ4v) is 1.06. The second-order valence-electron chi connectivity index (χ2n) is 4.76. The minimum absolute atomic E-state index is 0.221. The van der Waals surface area contributed by atoms with Crippen LogP contribution in [-0.4, -0.2) is 0 Å². The Morgan fingerprint density at radius 3 is 1.55 bits per heavy atom. The van der Waals surface area contributed by atoms with Gasteiger partial charge in [0.05, 0.1) is 0 Å². The third-order valence-electron chi connectivity index (χ3n) is 2.50. The third kappa shape index (κ3) is 3.33. The molecule has 0 aromatic heterocycles. The summed E-state index contributed by atoms with van der Waals surface area (Å²) in [6.07, 6.45) is 2.22. The van der Waals surface area contributed by atoms with Crippen LogP contribution < -0.4 is 0 Å². The van der Waals surface area contributed by atoms with Gasteiger partial charge in [-0.15, -0.1) is 12.6 Å². The Kier molecular flexibility index (Phi) is 3.25. The highest BCUT2D eigenvalue weighted by Crippen LogP contribution is 2.39. The van der Waals surface area contributed by atoms with Crippen molar-refractivity contribution >= 4 is 12.6 Å². The van der Waals surface area contributed by atoms with Crippen LogP contribution in [0.3, 0.4) is 0 Å². The highest BCUT2D eigenvalue weighted by Gasteiger charge is 2.30. The number of rotatable bonds is 1. The van der Waals surface area contributed by atoms with Crippen molar-refractivity contribution in [2.75, 3.05) is 0 Å². The highest BCUT2D eigenvalue weighted by atomic mass is 32.1. The first-order valence-corrected chi connectivity index (χ1v) is 4.50. The fraction of sp³-hybridized carbons (Fsp3) is 0.800. The summed E-state index contributed by atoms with van der Waals surface area (Å²) >= 11 is 4.28. The predicted octanol–water partition coefficient (Wildman–Crippen LogP) is 3.89. The number of hydrogen-bond acceptors (Lipinski definition) is 1. The van der Waals surface area contributed by atoms with Crippen LogP contribution in [0.15, 0.2) is 11.0 Å². The second kappa shape index (κ2) is 3.22. The third-order valence-corrected chi connectivity index (χ3v) is 2.63. The molecule has 0 aliphatic heterocycles. The van der Waals surface area contributed by atoms with Gasteiger partial charge in [-0.1, -0.05) is 40.7 Å². The molecule has 0 saturated carbocycles. The molecular formula is C10H20S. The van der Waals surface area contributed by atoms with E-state index in [0.29, 0.717) is 5.41 Å². The van der Waals surface area contributed by atoms with Crippen LogP contribution in [-0.2, 0) is 0 Å². The summed E-state index contributed by atoms with van der Waals surface area (Å²) in [5, 5.41) is 0. The summed E-state index contributed by atoms with van der Waals surface area (Å²) in [6, 6.07) is 0. The van der Waals surface area contributed by atoms with E-state index in [-0.39, 0.29) is 5.41 Å². The molecule has 0 heterocycles. The van der Waals surface area contributed by atoms with Gasteiger partial charge < -0.3 is 0 Å². The zero-order valence-electron chi connectivity index (χ0n) is 8.52. The standard InChI is InChI=1S/C10H20S/c1-8(11)7-10(5,6)9(2,3)4/h7,11H,1-6H3/b8-7+. The van der Waals surface area contributed by atoms with E-state index < -0.39 is 0 Å². The van der Waals surface area contributed by atoms with E-state index in [0.717, 1.165) is 4.91 Å². The molecule has 0 spiro atoms. The van der Waals surface area contributed by atoms with Gasteiger partial charge in [0.25, 0.3) is 0 Å². The van der Waals surface area contributed by atoms with Gasteiger partial charge in [-0.2, -0.15) is 0 Å². The van der Waals surface area contributed by atoms with E-state index in [1.54, 1.807) is 0 Å². The van der Waals surface area contributed by atoms with Gasteiger partial charge in [0.1, 0.15) is 0 Å². The first-order chi connectivity index (χ1) is 4.67. The SMILES string of the molecule is C/C(S)=C\C(C)(C)C(C)(C)C. The molecule has 0 bridgehead atoms. The van der Waals surface area contributed by atoms with E-state index in [2.05, 4.69) is 53.3 Å². The quantitative estimate of drug-likeness (QED) is 0.570. The smallest absolute Gasteiger partial charge is 0.0116 e. The lowest BCUT2D eigenvalue weighted by molar-refractivity contribution is 0.192. The second-order valence-corrected chi connectivity index (χ2v) is 5.46. The first-order valence-electron chi connectivity index (χ1n) is 4.05. The normalized spacial score (nSPS) is 15.4. The van der Waals surface area contributed by atoms with Gasteiger partial charge >= 0.3 is 0 Å². The fourth-order valence-electron chi connectivity index (χ4n) is 0.739. The lowest BCUT2D eigenvalue weighted by Crippen LogP contribution is -2.27. The van der Waals surface area contributed by atoms with Crippen molar-refractivity contribution in [3.63, 3.8) is 0 Å². The first kappa shape index (κ1) is 11.1. The van der Waals surface area contributed by atoms with E-state index in [1.807, 2.05) is 6.92 Å². The van der Waals surface area contributed by atoms with Crippen LogP contribution in [0.4, 0.5) is 0 Å². The van der Waals surface area contributed by atoms with Crippen LogP contribution in [0.2, 0.25) is 0 Å². The molecule has 11 heavy (non-hydrogen) atoms. The summed E-state index contributed by atoms with van der Waals surface area (Å²) in [5.74, 6) is 0. The van der Waals surface area contributed by atoms with E-state index >= 15 is 0 Å². The predicted molar refractivity (Wildman–Crippen MR) is 56.0 cm³/mol. The molecule has 0 nitrogen and oxygen atoms in total. The Hall–Kier alpha value is 0.0900. The Labute approximate surface area is 76.5 Å². The maximum Gasteiger partial charge on any atom is -0.0116 e. The minimum Gasteiger partial charge on any atom is -0.148 e. The molecule has 0 saturated heterocycles. The molecule has 66 valence electrons. The number of hydrogen-bond donors (Lipinski definition) is 1. The summed E-state index contributed by atoms with van der Waals surface area (Å²) in [7, 11) is 0. The van der Waals surface area contributed by atoms with Crippen LogP contribution in [0, 0.1) is 10.8 Å². The molecule has 0 aliphatic rings. The maximum atomic E-state index is 4.28. The molecule has 0 aromatic carbocycles. The molecule has 0 aliphatic carbocycles. The molecule has 0 rings (SSSR count). The molecular weight excluding hydrogens is 152 g/mol. The van der Waals surface area contributed by atoms with E-state index in [4.69, 9.17) is 0 Å². The topological polar surface area (TPSA) is 0 Å². The molecule has 0 amide bonds. The maximum absolute atomic E-state index is 4.28. The average Bonchev–Trinajstić information content (AvgIpc) is 1.56. The molecule has 0 atom stereocenters. The van der Waals surface area contributed by atoms with Gasteiger partial charge in [-0.05, 0) is 22.7 Å². The molecule has 0 fully saturated rings. The summed E-state index contributed by atoms with van der Waals surface area (Å²) in [4.78, 5) is 1.10. The average molecular weight is 172 g/mol. The summed E-state index contributed by atoms with van der Waals surface area (Å²) in [6.45, 7) is 13.3. The van der Waals surface area contributed by atoms with Crippen molar-refractivity contribution in [3.05, 3.63) is 11.0 Å². The van der Waals surface area contributed by atoms with E-state index in [9.17, 15) is 0 Å². The van der Waals surface area contributed by atoms with Gasteiger partial charge in [-0.25, -0.2) is 0 Å². The summed E-state index contributed by atoms with van der Waals surface area (Å²) < 4.78 is 0. The van der Waals surface area contributed by atoms with Crippen molar-refractivity contribution in [2.45, 2.75) is 41.5 Å². The largest absolute Gasteiger partial charge is 0.148 e. The van der Waals surface area contributed by atoms with Crippen LogP contribution in [0.5, 0.6) is 0 Å². The number of allylic oxidation sites excluding steroid dienone is 2. The van der Waals surface area contributed by atoms with Gasteiger partial charge in [-0.3, -0.25) is 0 Å². The van der Waals surface area contributed by atoms with Gasteiger partial charge in [0.2, 0.25) is 0 Å². The Morgan fingerprint density at radius 1 is 1.09 bits per heavy atom. The van der Waals surface area contributed by atoms with Crippen molar-refractivity contribution in [1.82, 2.24) is 0 Å². The van der Waals surface area contributed by atoms with Crippen LogP contribution in [0.1, 0.15) is 41.5 Å². The van der Waals surface area contributed by atoms with Gasteiger partial charge in [0.15, 0.2) is 0 Å². The minimum atomic E-state index is 0.221. The van der Waals surface area contributed by atoms with Gasteiger partial charge in [0, 0.05) is 0 Å². The molecule has 0 unspecified atom stereocenters. The molecule has 0 N–H and O–H groups in total. The zero-order valence-corrected chi connectivity index (χ0v) is 9.42. The molecule has 0 radical (unpaired) electrons.